The fourth-order valence-corrected chi connectivity index (χ4v) is 2.39. The third-order valence-electron chi connectivity index (χ3n) is 3.87. The van der Waals surface area contributed by atoms with Crippen LogP contribution >= 0.6 is 11.6 Å². The molecule has 0 aromatic carbocycles. The Labute approximate surface area is 114 Å². The van der Waals surface area contributed by atoms with E-state index in [1.54, 1.807) is 7.11 Å². The largest absolute Gasteiger partial charge is 0.377 e. The van der Waals surface area contributed by atoms with Gasteiger partial charge in [0.1, 0.15) is 0 Å². The lowest BCUT2D eigenvalue weighted by Gasteiger charge is -2.33. The summed E-state index contributed by atoms with van der Waals surface area (Å²) < 4.78 is 7.36. The molecular weight excluding hydrogens is 250 g/mol. The first-order chi connectivity index (χ1) is 8.39. The van der Waals surface area contributed by atoms with Crippen LogP contribution in [0.4, 0.5) is 0 Å². The quantitative estimate of drug-likeness (QED) is 0.865. The molecule has 0 spiro atoms. The Morgan fingerprint density at radius 3 is 2.50 bits per heavy atom. The standard InChI is InChI=1S/C13H24ClN3O/c1-6-9-12(14)10(17(4)16-9)8-11(15)13(3,7-2)18-5/h11H,6-8,15H2,1-5H3. The molecule has 2 atom stereocenters. The van der Waals surface area contributed by atoms with Crippen LogP contribution in [0, 0.1) is 0 Å². The Morgan fingerprint density at radius 1 is 1.50 bits per heavy atom. The molecular formula is C13H24ClN3O. The van der Waals surface area contributed by atoms with Gasteiger partial charge in [0.2, 0.25) is 0 Å². The Balaban J connectivity index is 2.94. The van der Waals surface area contributed by atoms with E-state index in [1.807, 2.05) is 25.6 Å². The van der Waals surface area contributed by atoms with Crippen LogP contribution < -0.4 is 5.73 Å². The number of nitrogens with two attached hydrogens (primary N) is 1. The number of aromatic nitrogens is 2. The summed E-state index contributed by atoms with van der Waals surface area (Å²) in [6.07, 6.45) is 2.36. The number of halogens is 1. The molecule has 0 saturated heterocycles. The van der Waals surface area contributed by atoms with E-state index >= 15 is 0 Å². The number of aryl methyl sites for hydroxylation is 2. The molecule has 18 heavy (non-hydrogen) atoms. The second-order valence-electron chi connectivity index (χ2n) is 4.87. The van der Waals surface area contributed by atoms with Crippen molar-refractivity contribution in [2.75, 3.05) is 7.11 Å². The van der Waals surface area contributed by atoms with Gasteiger partial charge < -0.3 is 10.5 Å². The highest BCUT2D eigenvalue weighted by Gasteiger charge is 2.31. The lowest BCUT2D eigenvalue weighted by molar-refractivity contribution is -0.0188. The highest BCUT2D eigenvalue weighted by Crippen LogP contribution is 2.26. The fourth-order valence-electron chi connectivity index (χ4n) is 2.02. The van der Waals surface area contributed by atoms with E-state index in [0.29, 0.717) is 6.42 Å². The second kappa shape index (κ2) is 6.04. The van der Waals surface area contributed by atoms with E-state index < -0.39 is 0 Å². The molecule has 104 valence electrons. The van der Waals surface area contributed by atoms with Crippen LogP contribution in [0.25, 0.3) is 0 Å². The Hall–Kier alpha value is -0.580. The van der Waals surface area contributed by atoms with Gasteiger partial charge >= 0.3 is 0 Å². The van der Waals surface area contributed by atoms with Crippen LogP contribution in [0.5, 0.6) is 0 Å². The third-order valence-corrected chi connectivity index (χ3v) is 4.31. The zero-order chi connectivity index (χ0) is 13.9. The molecule has 0 aliphatic carbocycles. The van der Waals surface area contributed by atoms with Gasteiger partial charge in [-0.25, -0.2) is 0 Å². The molecule has 2 N–H and O–H groups in total. The predicted octanol–water partition coefficient (Wildman–Crippen LogP) is 2.32. The van der Waals surface area contributed by atoms with Crippen LogP contribution in [0.2, 0.25) is 5.02 Å². The molecule has 5 heteroatoms. The molecule has 0 radical (unpaired) electrons. The summed E-state index contributed by atoms with van der Waals surface area (Å²) in [7, 11) is 3.61. The number of rotatable bonds is 6. The van der Waals surface area contributed by atoms with Crippen molar-refractivity contribution in [1.82, 2.24) is 9.78 Å². The number of hydrogen-bond acceptors (Lipinski definition) is 3. The molecule has 0 saturated carbocycles. The summed E-state index contributed by atoms with van der Waals surface area (Å²) in [4.78, 5) is 0. The average Bonchev–Trinajstić information content (AvgIpc) is 2.64. The van der Waals surface area contributed by atoms with Crippen molar-refractivity contribution in [3.63, 3.8) is 0 Å². The van der Waals surface area contributed by atoms with Crippen LogP contribution in [-0.4, -0.2) is 28.5 Å². The van der Waals surface area contributed by atoms with E-state index in [2.05, 4.69) is 12.0 Å². The number of hydrogen-bond donors (Lipinski definition) is 1. The first kappa shape index (κ1) is 15.5. The molecule has 1 aromatic heterocycles. The van der Waals surface area contributed by atoms with Crippen molar-refractivity contribution in [3.05, 3.63) is 16.4 Å². The lowest BCUT2D eigenvalue weighted by Crippen LogP contribution is -2.48. The minimum Gasteiger partial charge on any atom is -0.377 e. The first-order valence-electron chi connectivity index (χ1n) is 6.40. The molecule has 0 bridgehead atoms. The van der Waals surface area contributed by atoms with E-state index in [-0.39, 0.29) is 11.6 Å². The third kappa shape index (κ3) is 2.87. The lowest BCUT2D eigenvalue weighted by atomic mass is 9.90. The average molecular weight is 274 g/mol. The topological polar surface area (TPSA) is 53.1 Å². The van der Waals surface area contributed by atoms with Gasteiger partial charge in [0.25, 0.3) is 0 Å². The van der Waals surface area contributed by atoms with Gasteiger partial charge in [0.05, 0.1) is 22.0 Å². The van der Waals surface area contributed by atoms with Crippen LogP contribution in [0.3, 0.4) is 0 Å². The van der Waals surface area contributed by atoms with Gasteiger partial charge in [-0.05, 0) is 19.8 Å². The number of ether oxygens (including phenoxy) is 1. The summed E-state index contributed by atoms with van der Waals surface area (Å²) in [5.74, 6) is 0. The van der Waals surface area contributed by atoms with Gasteiger partial charge in [-0.15, -0.1) is 0 Å². The Morgan fingerprint density at radius 2 is 2.11 bits per heavy atom. The zero-order valence-electron chi connectivity index (χ0n) is 12.0. The van der Waals surface area contributed by atoms with Crippen molar-refractivity contribution >= 4 is 11.6 Å². The smallest absolute Gasteiger partial charge is 0.0850 e. The molecule has 0 aliphatic rings. The molecule has 1 rings (SSSR count). The number of methoxy groups -OCH3 is 1. The second-order valence-corrected chi connectivity index (χ2v) is 5.24. The minimum atomic E-state index is -0.333. The van der Waals surface area contributed by atoms with Gasteiger partial charge in [-0.1, -0.05) is 25.4 Å². The van der Waals surface area contributed by atoms with Crippen LogP contribution in [0.15, 0.2) is 0 Å². The van der Waals surface area contributed by atoms with Crippen molar-refractivity contribution in [2.24, 2.45) is 12.8 Å². The first-order valence-corrected chi connectivity index (χ1v) is 6.78. The highest BCUT2D eigenvalue weighted by molar-refractivity contribution is 6.31. The molecule has 1 heterocycles. The molecule has 4 nitrogen and oxygen atoms in total. The summed E-state index contributed by atoms with van der Waals surface area (Å²) in [5.41, 5.74) is 7.85. The van der Waals surface area contributed by atoms with Crippen molar-refractivity contribution in [1.29, 1.82) is 0 Å². The maximum absolute atomic E-state index is 6.33. The van der Waals surface area contributed by atoms with Crippen molar-refractivity contribution in [2.45, 2.75) is 51.7 Å². The van der Waals surface area contributed by atoms with Crippen molar-refractivity contribution < 1.29 is 4.74 Å². The molecule has 0 fully saturated rings. The minimum absolute atomic E-state index is 0.106. The molecule has 0 amide bonds. The van der Waals surface area contributed by atoms with Gasteiger partial charge in [-0.2, -0.15) is 5.10 Å². The Kier molecular flexibility index (Phi) is 5.20. The maximum Gasteiger partial charge on any atom is 0.0850 e. The summed E-state index contributed by atoms with van der Waals surface area (Å²) in [6, 6.07) is -0.106. The SMILES string of the molecule is CCc1nn(C)c(CC(N)C(C)(CC)OC)c1Cl. The fraction of sp³-hybridized carbons (Fsp3) is 0.769. The molecule has 2 unspecified atom stereocenters. The highest BCUT2D eigenvalue weighted by atomic mass is 35.5. The molecule has 0 aliphatic heterocycles. The van der Waals surface area contributed by atoms with E-state index in [1.165, 1.54) is 0 Å². The monoisotopic (exact) mass is 273 g/mol. The maximum atomic E-state index is 6.33. The Bertz CT molecular complexity index is 399. The van der Waals surface area contributed by atoms with E-state index in [9.17, 15) is 0 Å². The van der Waals surface area contributed by atoms with Gasteiger partial charge in [-0.3, -0.25) is 4.68 Å². The van der Waals surface area contributed by atoms with Crippen molar-refractivity contribution in [3.8, 4) is 0 Å². The zero-order valence-corrected chi connectivity index (χ0v) is 12.7. The summed E-state index contributed by atoms with van der Waals surface area (Å²) in [6.45, 7) is 6.15. The van der Waals surface area contributed by atoms with Crippen LogP contribution in [0.1, 0.15) is 38.6 Å². The molecule has 1 aromatic rings. The number of nitrogens with zero attached hydrogens (tertiary/aromatic N) is 2. The van der Waals surface area contributed by atoms with Gasteiger partial charge in [0, 0.05) is 26.6 Å². The van der Waals surface area contributed by atoms with Crippen LogP contribution in [-0.2, 0) is 24.6 Å². The van der Waals surface area contributed by atoms with E-state index in [4.69, 9.17) is 22.1 Å². The van der Waals surface area contributed by atoms with E-state index in [0.717, 1.165) is 29.3 Å². The summed E-state index contributed by atoms with van der Waals surface area (Å²) >= 11 is 6.33. The van der Waals surface area contributed by atoms with Gasteiger partial charge in [0.15, 0.2) is 0 Å². The normalized spacial score (nSPS) is 16.6. The predicted molar refractivity (Wildman–Crippen MR) is 75.0 cm³/mol. The summed E-state index contributed by atoms with van der Waals surface area (Å²) in [5, 5.41) is 5.14.